The zero-order valence-electron chi connectivity index (χ0n) is 8.79. The van der Waals surface area contributed by atoms with Crippen LogP contribution < -0.4 is 10.1 Å². The lowest BCUT2D eigenvalue weighted by Crippen LogP contribution is -2.18. The fourth-order valence-electron chi connectivity index (χ4n) is 1.39. The summed E-state index contributed by atoms with van der Waals surface area (Å²) in [6.45, 7) is 6.81. The number of hydrogen-bond acceptors (Lipinski definition) is 2. The molecule has 2 heteroatoms. The average molecular weight is 191 g/mol. The first kappa shape index (κ1) is 10.8. The lowest BCUT2D eigenvalue weighted by Gasteiger charge is -2.14. The van der Waals surface area contributed by atoms with Crippen molar-refractivity contribution in [3.8, 4) is 5.75 Å². The number of likely N-dealkylation sites (N-methyl/N-ethyl adjacent to an activating group) is 1. The smallest absolute Gasteiger partial charge is 0.119 e. The number of hydrogen-bond donors (Lipinski definition) is 1. The van der Waals surface area contributed by atoms with Crippen LogP contribution in [-0.2, 0) is 0 Å². The molecule has 0 saturated carbocycles. The molecule has 1 atom stereocenters. The van der Waals surface area contributed by atoms with Crippen molar-refractivity contribution in [2.45, 2.75) is 13.0 Å². The van der Waals surface area contributed by atoms with Crippen LogP contribution in [0.15, 0.2) is 36.9 Å². The molecule has 1 aromatic rings. The van der Waals surface area contributed by atoms with Gasteiger partial charge >= 0.3 is 0 Å². The van der Waals surface area contributed by atoms with Gasteiger partial charge in [0.1, 0.15) is 5.75 Å². The molecule has 1 unspecified atom stereocenters. The Morgan fingerprint density at radius 3 is 2.93 bits per heavy atom. The molecule has 1 N–H and O–H groups in total. The first-order valence-electron chi connectivity index (χ1n) is 4.81. The SMILES string of the molecule is C=CC(NCC)c1cccc(OC)c1. The van der Waals surface area contributed by atoms with Crippen LogP contribution in [0.5, 0.6) is 5.75 Å². The van der Waals surface area contributed by atoms with E-state index in [1.165, 1.54) is 5.56 Å². The van der Waals surface area contributed by atoms with Gasteiger partial charge in [-0.1, -0.05) is 25.1 Å². The van der Waals surface area contributed by atoms with Crippen molar-refractivity contribution in [1.29, 1.82) is 0 Å². The molecule has 0 aliphatic heterocycles. The molecule has 0 saturated heterocycles. The van der Waals surface area contributed by atoms with Crippen molar-refractivity contribution in [3.63, 3.8) is 0 Å². The average Bonchev–Trinajstić information content (AvgIpc) is 2.26. The van der Waals surface area contributed by atoms with E-state index in [4.69, 9.17) is 4.74 Å². The van der Waals surface area contributed by atoms with Gasteiger partial charge in [0, 0.05) is 0 Å². The van der Waals surface area contributed by atoms with Crippen molar-refractivity contribution in [3.05, 3.63) is 42.5 Å². The number of rotatable bonds is 5. The maximum Gasteiger partial charge on any atom is 0.119 e. The molecule has 0 aromatic heterocycles. The van der Waals surface area contributed by atoms with E-state index >= 15 is 0 Å². The molecule has 0 spiro atoms. The first-order valence-corrected chi connectivity index (χ1v) is 4.81. The minimum atomic E-state index is 0.204. The normalized spacial score (nSPS) is 12.1. The number of benzene rings is 1. The van der Waals surface area contributed by atoms with Crippen LogP contribution in [-0.4, -0.2) is 13.7 Å². The summed E-state index contributed by atoms with van der Waals surface area (Å²) in [4.78, 5) is 0. The van der Waals surface area contributed by atoms with Crippen molar-refractivity contribution < 1.29 is 4.74 Å². The van der Waals surface area contributed by atoms with Crippen molar-refractivity contribution >= 4 is 0 Å². The van der Waals surface area contributed by atoms with Crippen LogP contribution in [0.1, 0.15) is 18.5 Å². The molecule has 1 aromatic carbocycles. The van der Waals surface area contributed by atoms with Crippen molar-refractivity contribution in [1.82, 2.24) is 5.32 Å². The third-order valence-electron chi connectivity index (χ3n) is 2.11. The maximum absolute atomic E-state index is 5.17. The zero-order valence-corrected chi connectivity index (χ0v) is 8.79. The first-order chi connectivity index (χ1) is 6.81. The van der Waals surface area contributed by atoms with E-state index in [-0.39, 0.29) is 6.04 Å². The van der Waals surface area contributed by atoms with E-state index < -0.39 is 0 Å². The molecule has 0 radical (unpaired) electrons. The third kappa shape index (κ3) is 2.60. The minimum absolute atomic E-state index is 0.204. The molecule has 0 aliphatic rings. The molecule has 14 heavy (non-hydrogen) atoms. The van der Waals surface area contributed by atoms with Crippen LogP contribution in [0.3, 0.4) is 0 Å². The van der Waals surface area contributed by atoms with Gasteiger partial charge in [0.25, 0.3) is 0 Å². The second-order valence-electron chi connectivity index (χ2n) is 3.05. The number of methoxy groups -OCH3 is 1. The second-order valence-corrected chi connectivity index (χ2v) is 3.05. The second kappa shape index (κ2) is 5.45. The Balaban J connectivity index is 2.86. The minimum Gasteiger partial charge on any atom is -0.497 e. The van der Waals surface area contributed by atoms with E-state index in [0.717, 1.165) is 12.3 Å². The van der Waals surface area contributed by atoms with Gasteiger partial charge in [0.05, 0.1) is 13.2 Å². The van der Waals surface area contributed by atoms with Crippen LogP contribution in [0.4, 0.5) is 0 Å². The topological polar surface area (TPSA) is 21.3 Å². The van der Waals surface area contributed by atoms with Gasteiger partial charge in [0.15, 0.2) is 0 Å². The molecule has 0 amide bonds. The summed E-state index contributed by atoms with van der Waals surface area (Å²) in [5, 5.41) is 3.33. The predicted octanol–water partition coefficient (Wildman–Crippen LogP) is 2.53. The van der Waals surface area contributed by atoms with E-state index in [0.29, 0.717) is 0 Å². The summed E-state index contributed by atoms with van der Waals surface area (Å²) in [7, 11) is 1.68. The Kier molecular flexibility index (Phi) is 4.20. The van der Waals surface area contributed by atoms with Gasteiger partial charge in [-0.15, -0.1) is 6.58 Å². The van der Waals surface area contributed by atoms with Crippen LogP contribution >= 0.6 is 0 Å². The highest BCUT2D eigenvalue weighted by Gasteiger charge is 2.05. The highest BCUT2D eigenvalue weighted by atomic mass is 16.5. The molecule has 1 rings (SSSR count). The third-order valence-corrected chi connectivity index (χ3v) is 2.11. The molecule has 76 valence electrons. The fourth-order valence-corrected chi connectivity index (χ4v) is 1.39. The quantitative estimate of drug-likeness (QED) is 0.722. The molecule has 0 fully saturated rings. The van der Waals surface area contributed by atoms with E-state index in [1.807, 2.05) is 24.3 Å². The summed E-state index contributed by atoms with van der Waals surface area (Å²) in [6, 6.07) is 8.22. The van der Waals surface area contributed by atoms with Crippen LogP contribution in [0.2, 0.25) is 0 Å². The Morgan fingerprint density at radius 1 is 1.57 bits per heavy atom. The summed E-state index contributed by atoms with van der Waals surface area (Å²) in [5.41, 5.74) is 1.18. The summed E-state index contributed by atoms with van der Waals surface area (Å²) in [6.07, 6.45) is 1.90. The molecule has 0 heterocycles. The van der Waals surface area contributed by atoms with Gasteiger partial charge in [-0.05, 0) is 24.2 Å². The zero-order chi connectivity index (χ0) is 10.4. The summed E-state index contributed by atoms with van der Waals surface area (Å²) >= 11 is 0. The molecule has 0 bridgehead atoms. The van der Waals surface area contributed by atoms with Crippen molar-refractivity contribution in [2.24, 2.45) is 0 Å². The van der Waals surface area contributed by atoms with Gasteiger partial charge < -0.3 is 10.1 Å². The fraction of sp³-hybridized carbons (Fsp3) is 0.333. The molecule has 0 aliphatic carbocycles. The van der Waals surface area contributed by atoms with E-state index in [1.54, 1.807) is 7.11 Å². The van der Waals surface area contributed by atoms with E-state index in [9.17, 15) is 0 Å². The van der Waals surface area contributed by atoms with Crippen molar-refractivity contribution in [2.75, 3.05) is 13.7 Å². The van der Waals surface area contributed by atoms with Crippen LogP contribution in [0, 0.1) is 0 Å². The number of nitrogens with one attached hydrogen (secondary N) is 1. The Bertz CT molecular complexity index is 296. The molecule has 2 nitrogen and oxygen atoms in total. The van der Waals surface area contributed by atoms with Gasteiger partial charge in [-0.2, -0.15) is 0 Å². The lowest BCUT2D eigenvalue weighted by molar-refractivity contribution is 0.413. The molecular formula is C12H17NO. The monoisotopic (exact) mass is 191 g/mol. The van der Waals surface area contributed by atoms with Gasteiger partial charge in [-0.25, -0.2) is 0 Å². The maximum atomic E-state index is 5.17. The highest BCUT2D eigenvalue weighted by molar-refractivity contribution is 5.32. The summed E-state index contributed by atoms with van der Waals surface area (Å²) in [5.74, 6) is 0.882. The van der Waals surface area contributed by atoms with Gasteiger partial charge in [-0.3, -0.25) is 0 Å². The Labute approximate surface area is 85.6 Å². The Hall–Kier alpha value is -1.28. The van der Waals surface area contributed by atoms with Crippen LogP contribution in [0.25, 0.3) is 0 Å². The predicted molar refractivity (Wildman–Crippen MR) is 59.6 cm³/mol. The van der Waals surface area contributed by atoms with Gasteiger partial charge in [0.2, 0.25) is 0 Å². The van der Waals surface area contributed by atoms with E-state index in [2.05, 4.69) is 24.9 Å². The highest BCUT2D eigenvalue weighted by Crippen LogP contribution is 2.19. The standard InChI is InChI=1S/C12H17NO/c1-4-12(13-5-2)10-7-6-8-11(9-10)14-3/h4,6-9,12-13H,1,5H2,2-3H3. The lowest BCUT2D eigenvalue weighted by atomic mass is 10.1. The molecular weight excluding hydrogens is 174 g/mol. The summed E-state index contributed by atoms with van der Waals surface area (Å²) < 4.78 is 5.17. The largest absolute Gasteiger partial charge is 0.497 e. The Morgan fingerprint density at radius 2 is 2.36 bits per heavy atom. The number of ether oxygens (including phenoxy) is 1.